The summed E-state index contributed by atoms with van der Waals surface area (Å²) in [6.07, 6.45) is 0.657. The molecule has 8 heteroatoms. The summed E-state index contributed by atoms with van der Waals surface area (Å²) in [4.78, 5) is 39.3. The van der Waals surface area contributed by atoms with Crippen molar-refractivity contribution in [2.24, 2.45) is 5.92 Å². The van der Waals surface area contributed by atoms with Crippen molar-refractivity contribution < 1.29 is 19.1 Å². The van der Waals surface area contributed by atoms with Crippen LogP contribution in [-0.2, 0) is 14.3 Å². The Hall–Kier alpha value is -2.61. The number of rotatable bonds is 5. The summed E-state index contributed by atoms with van der Waals surface area (Å²) in [6.45, 7) is 4.17. The maximum absolute atomic E-state index is 13.1. The topological polar surface area (TPSA) is 87.7 Å². The zero-order valence-corrected chi connectivity index (χ0v) is 18.9. The van der Waals surface area contributed by atoms with E-state index in [1.54, 1.807) is 4.90 Å². The van der Waals surface area contributed by atoms with E-state index in [1.165, 1.54) is 7.11 Å². The lowest BCUT2D eigenvalue weighted by molar-refractivity contribution is -0.139. The van der Waals surface area contributed by atoms with Gasteiger partial charge >= 0.3 is 6.09 Å². The Kier molecular flexibility index (Phi) is 6.97. The van der Waals surface area contributed by atoms with E-state index in [2.05, 4.69) is 31.3 Å². The predicted molar refractivity (Wildman–Crippen MR) is 119 cm³/mol. The third kappa shape index (κ3) is 4.92. The molecule has 160 valence electrons. The number of alkyl carbamates (subject to hydrolysis) is 1. The SMILES string of the molecule is COC(=O)N[C@H](C(=O)N1CCC[C@H]1C(=O)Nc1ccc2cc(Br)ccc2c1)C(C)C. The van der Waals surface area contributed by atoms with Crippen molar-refractivity contribution in [3.63, 3.8) is 0 Å². The average molecular weight is 476 g/mol. The van der Waals surface area contributed by atoms with Gasteiger partial charge < -0.3 is 20.3 Å². The van der Waals surface area contributed by atoms with Crippen molar-refractivity contribution in [2.45, 2.75) is 38.8 Å². The van der Waals surface area contributed by atoms with Gasteiger partial charge in [0.2, 0.25) is 11.8 Å². The standard InChI is InChI=1S/C22H26BrN3O4/c1-13(2)19(25-22(29)30-3)21(28)26-10-4-5-18(26)20(27)24-17-9-7-14-11-16(23)8-6-15(14)12-17/h6-9,11-13,18-19H,4-5,10H2,1-3H3,(H,24,27)(H,25,29)/t18-,19-/m0/s1. The van der Waals surface area contributed by atoms with Gasteiger partial charge in [0, 0.05) is 16.7 Å². The van der Waals surface area contributed by atoms with E-state index in [4.69, 9.17) is 0 Å². The van der Waals surface area contributed by atoms with Gasteiger partial charge in [0.15, 0.2) is 0 Å². The minimum atomic E-state index is -0.745. The molecule has 1 aliphatic rings. The molecule has 0 saturated carbocycles. The molecule has 7 nitrogen and oxygen atoms in total. The monoisotopic (exact) mass is 475 g/mol. The van der Waals surface area contributed by atoms with Gasteiger partial charge in [0.05, 0.1) is 7.11 Å². The van der Waals surface area contributed by atoms with Crippen molar-refractivity contribution >= 4 is 50.3 Å². The predicted octanol–water partition coefficient (Wildman–Crippen LogP) is 3.91. The lowest BCUT2D eigenvalue weighted by Gasteiger charge is -2.30. The smallest absolute Gasteiger partial charge is 0.407 e. The summed E-state index contributed by atoms with van der Waals surface area (Å²) >= 11 is 3.46. The van der Waals surface area contributed by atoms with Crippen LogP contribution in [0, 0.1) is 5.92 Å². The Morgan fingerprint density at radius 3 is 2.53 bits per heavy atom. The van der Waals surface area contributed by atoms with Crippen molar-refractivity contribution in [3.8, 4) is 0 Å². The lowest BCUT2D eigenvalue weighted by atomic mass is 10.0. The van der Waals surface area contributed by atoms with E-state index in [1.807, 2.05) is 50.2 Å². The van der Waals surface area contributed by atoms with Crippen molar-refractivity contribution in [2.75, 3.05) is 19.0 Å². The Bertz CT molecular complexity index is 963. The normalized spacial score (nSPS) is 17.1. The van der Waals surface area contributed by atoms with Crippen LogP contribution in [0.15, 0.2) is 40.9 Å². The van der Waals surface area contributed by atoms with E-state index in [-0.39, 0.29) is 17.7 Å². The highest BCUT2D eigenvalue weighted by Crippen LogP contribution is 2.25. The zero-order chi connectivity index (χ0) is 21.8. The molecule has 1 heterocycles. The lowest BCUT2D eigenvalue weighted by Crippen LogP contribution is -2.54. The second-order valence-corrected chi connectivity index (χ2v) is 8.66. The Morgan fingerprint density at radius 1 is 1.13 bits per heavy atom. The molecule has 0 aromatic heterocycles. The second kappa shape index (κ2) is 9.47. The van der Waals surface area contributed by atoms with Gasteiger partial charge in [-0.05, 0) is 53.8 Å². The quantitative estimate of drug-likeness (QED) is 0.685. The number of anilines is 1. The van der Waals surface area contributed by atoms with Gasteiger partial charge in [0.25, 0.3) is 0 Å². The molecule has 2 N–H and O–H groups in total. The van der Waals surface area contributed by atoms with E-state index in [0.717, 1.165) is 21.7 Å². The molecule has 2 aromatic carbocycles. The second-order valence-electron chi connectivity index (χ2n) is 7.74. The minimum absolute atomic E-state index is 0.138. The van der Waals surface area contributed by atoms with Crippen molar-refractivity contribution in [3.05, 3.63) is 40.9 Å². The van der Waals surface area contributed by atoms with E-state index in [9.17, 15) is 14.4 Å². The Balaban J connectivity index is 1.74. The van der Waals surface area contributed by atoms with Crippen molar-refractivity contribution in [1.29, 1.82) is 0 Å². The van der Waals surface area contributed by atoms with E-state index >= 15 is 0 Å². The van der Waals surface area contributed by atoms with Crippen LogP contribution in [0.1, 0.15) is 26.7 Å². The number of likely N-dealkylation sites (tertiary alicyclic amines) is 1. The number of ether oxygens (including phenoxy) is 1. The summed E-state index contributed by atoms with van der Waals surface area (Å²) in [6, 6.07) is 10.3. The summed E-state index contributed by atoms with van der Waals surface area (Å²) in [5, 5.41) is 7.60. The Labute approximate surface area is 184 Å². The molecule has 30 heavy (non-hydrogen) atoms. The molecule has 3 rings (SSSR count). The van der Waals surface area contributed by atoms with Gasteiger partial charge in [-0.2, -0.15) is 0 Å². The molecule has 1 aliphatic heterocycles. The number of nitrogens with one attached hydrogen (secondary N) is 2. The molecular weight excluding hydrogens is 450 g/mol. The molecule has 0 aliphatic carbocycles. The fourth-order valence-electron chi connectivity index (χ4n) is 3.70. The molecule has 0 spiro atoms. The van der Waals surface area contributed by atoms with Crippen molar-refractivity contribution in [1.82, 2.24) is 10.2 Å². The number of hydrogen-bond donors (Lipinski definition) is 2. The average Bonchev–Trinajstić information content (AvgIpc) is 3.21. The number of fused-ring (bicyclic) bond motifs is 1. The van der Waals surface area contributed by atoms with Gasteiger partial charge in [0.1, 0.15) is 12.1 Å². The van der Waals surface area contributed by atoms with Crippen LogP contribution in [0.5, 0.6) is 0 Å². The first-order valence-corrected chi connectivity index (χ1v) is 10.7. The first-order chi connectivity index (χ1) is 14.3. The van der Waals surface area contributed by atoms with Crippen LogP contribution in [0.25, 0.3) is 10.8 Å². The zero-order valence-electron chi connectivity index (χ0n) is 17.3. The number of benzene rings is 2. The fourth-order valence-corrected chi connectivity index (χ4v) is 4.08. The highest BCUT2D eigenvalue weighted by atomic mass is 79.9. The molecule has 0 radical (unpaired) electrons. The Morgan fingerprint density at radius 2 is 1.83 bits per heavy atom. The minimum Gasteiger partial charge on any atom is -0.453 e. The molecule has 2 atom stereocenters. The summed E-state index contributed by atoms with van der Waals surface area (Å²) in [5.41, 5.74) is 0.683. The molecule has 3 amide bonds. The van der Waals surface area contributed by atoms with Crippen LogP contribution >= 0.6 is 15.9 Å². The molecule has 1 fully saturated rings. The molecule has 1 saturated heterocycles. The largest absolute Gasteiger partial charge is 0.453 e. The first-order valence-electron chi connectivity index (χ1n) is 9.95. The maximum Gasteiger partial charge on any atom is 0.407 e. The maximum atomic E-state index is 13.1. The molecular formula is C22H26BrN3O4. The summed E-state index contributed by atoms with van der Waals surface area (Å²) < 4.78 is 5.63. The third-order valence-corrected chi connectivity index (χ3v) is 5.79. The van der Waals surface area contributed by atoms with Gasteiger partial charge in [-0.15, -0.1) is 0 Å². The number of amides is 3. The van der Waals surface area contributed by atoms with Gasteiger partial charge in [-0.1, -0.05) is 41.9 Å². The molecule has 0 unspecified atom stereocenters. The van der Waals surface area contributed by atoms with Crippen LogP contribution in [-0.4, -0.2) is 48.5 Å². The summed E-state index contributed by atoms with van der Waals surface area (Å²) in [7, 11) is 1.26. The highest BCUT2D eigenvalue weighted by molar-refractivity contribution is 9.10. The van der Waals surface area contributed by atoms with Gasteiger partial charge in [-0.25, -0.2) is 4.79 Å². The fraction of sp³-hybridized carbons (Fsp3) is 0.409. The molecule has 2 aromatic rings. The number of halogens is 1. The van der Waals surface area contributed by atoms with Crippen LogP contribution in [0.4, 0.5) is 10.5 Å². The number of nitrogens with zero attached hydrogens (tertiary/aromatic N) is 1. The van der Waals surface area contributed by atoms with E-state index in [0.29, 0.717) is 18.7 Å². The van der Waals surface area contributed by atoms with Crippen LogP contribution in [0.2, 0.25) is 0 Å². The van der Waals surface area contributed by atoms with Gasteiger partial charge in [-0.3, -0.25) is 9.59 Å². The number of carbonyl (C=O) groups is 3. The summed E-state index contributed by atoms with van der Waals surface area (Å²) in [5.74, 6) is -0.630. The number of methoxy groups -OCH3 is 1. The number of carbonyl (C=O) groups excluding carboxylic acids is 3. The third-order valence-electron chi connectivity index (χ3n) is 5.30. The highest BCUT2D eigenvalue weighted by Gasteiger charge is 2.38. The number of hydrogen-bond acceptors (Lipinski definition) is 4. The van der Waals surface area contributed by atoms with Crippen LogP contribution < -0.4 is 10.6 Å². The van der Waals surface area contributed by atoms with Crippen LogP contribution in [0.3, 0.4) is 0 Å². The first kappa shape index (κ1) is 22.1. The van der Waals surface area contributed by atoms with E-state index < -0.39 is 18.2 Å². The molecule has 0 bridgehead atoms.